The highest BCUT2D eigenvalue weighted by Crippen LogP contribution is 2.28. The summed E-state index contributed by atoms with van der Waals surface area (Å²) in [4.78, 5) is 27.8. The van der Waals surface area contributed by atoms with Gasteiger partial charge in [0, 0.05) is 51.5 Å². The number of likely N-dealkylation sites (tertiary alicyclic amines) is 1. The number of hydrogen-bond donors (Lipinski definition) is 0. The lowest BCUT2D eigenvalue weighted by Gasteiger charge is -2.31. The van der Waals surface area contributed by atoms with Crippen LogP contribution < -0.4 is 0 Å². The lowest BCUT2D eigenvalue weighted by atomic mass is 9.98. The fraction of sp³-hybridized carbons (Fsp3) is 0.600. The molecular formula is C20H28N6O3S. The van der Waals surface area contributed by atoms with E-state index in [-0.39, 0.29) is 16.9 Å². The highest BCUT2D eigenvalue weighted by molar-refractivity contribution is 7.89. The van der Waals surface area contributed by atoms with Gasteiger partial charge in [-0.3, -0.25) is 4.79 Å². The molecule has 162 valence electrons. The van der Waals surface area contributed by atoms with Gasteiger partial charge in [-0.2, -0.15) is 4.31 Å². The molecule has 4 rings (SSSR count). The van der Waals surface area contributed by atoms with Gasteiger partial charge in [0.2, 0.25) is 0 Å². The van der Waals surface area contributed by atoms with Crippen molar-refractivity contribution in [3.05, 3.63) is 35.8 Å². The molecule has 0 saturated carbocycles. The second-order valence-electron chi connectivity index (χ2n) is 8.16. The molecule has 2 fully saturated rings. The average Bonchev–Trinajstić information content (AvgIpc) is 3.21. The van der Waals surface area contributed by atoms with Gasteiger partial charge in [-0.15, -0.1) is 0 Å². The molecule has 0 aliphatic carbocycles. The van der Waals surface area contributed by atoms with E-state index in [4.69, 9.17) is 0 Å². The Morgan fingerprint density at radius 2 is 1.87 bits per heavy atom. The molecule has 30 heavy (non-hydrogen) atoms. The van der Waals surface area contributed by atoms with Gasteiger partial charge in [-0.25, -0.2) is 23.4 Å². The molecule has 4 heterocycles. The number of carbonyl (C=O) groups is 1. The largest absolute Gasteiger partial charge is 0.339 e. The van der Waals surface area contributed by atoms with E-state index in [2.05, 4.69) is 15.0 Å². The minimum atomic E-state index is -3.64. The molecule has 0 bridgehead atoms. The third-order valence-electron chi connectivity index (χ3n) is 5.91. The summed E-state index contributed by atoms with van der Waals surface area (Å²) in [6.45, 7) is 4.16. The zero-order valence-corrected chi connectivity index (χ0v) is 18.3. The maximum absolute atomic E-state index is 12.9. The van der Waals surface area contributed by atoms with E-state index < -0.39 is 10.0 Å². The van der Waals surface area contributed by atoms with E-state index in [0.717, 1.165) is 45.2 Å². The molecule has 0 radical (unpaired) electrons. The lowest BCUT2D eigenvalue weighted by Crippen LogP contribution is -2.40. The Morgan fingerprint density at radius 1 is 1.10 bits per heavy atom. The number of aryl methyl sites for hydroxylation is 2. The van der Waals surface area contributed by atoms with Gasteiger partial charge >= 0.3 is 0 Å². The summed E-state index contributed by atoms with van der Waals surface area (Å²) in [5.41, 5.74) is 1.19. The Hall–Kier alpha value is -2.33. The van der Waals surface area contributed by atoms with Crippen molar-refractivity contribution in [3.8, 4) is 0 Å². The van der Waals surface area contributed by atoms with Crippen molar-refractivity contribution in [2.75, 3.05) is 26.2 Å². The van der Waals surface area contributed by atoms with Crippen LogP contribution in [0, 0.1) is 6.92 Å². The van der Waals surface area contributed by atoms with Crippen molar-refractivity contribution in [1.82, 2.24) is 28.7 Å². The average molecular weight is 433 g/mol. The van der Waals surface area contributed by atoms with Gasteiger partial charge in [-0.1, -0.05) is 0 Å². The maximum Gasteiger partial charge on any atom is 0.262 e. The smallest absolute Gasteiger partial charge is 0.262 e. The van der Waals surface area contributed by atoms with Gasteiger partial charge in [0.25, 0.3) is 15.9 Å². The van der Waals surface area contributed by atoms with Crippen LogP contribution in [0.1, 0.15) is 59.9 Å². The summed E-state index contributed by atoms with van der Waals surface area (Å²) >= 11 is 0. The second-order valence-corrected chi connectivity index (χ2v) is 10.0. The number of piperidine rings is 2. The standard InChI is InChI=1S/C20H28N6O3S/c1-15-17(20(27)25-8-4-3-5-9-25)11-21-19(23-15)16-7-6-10-26(12-16)30(28,29)18-13-24(2)14-22-18/h11,13-14,16H,3-10,12H2,1-2H3/t16-/m0/s1. The van der Waals surface area contributed by atoms with E-state index in [0.29, 0.717) is 30.2 Å². The number of rotatable bonds is 4. The monoisotopic (exact) mass is 432 g/mol. The molecule has 1 atom stereocenters. The summed E-state index contributed by atoms with van der Waals surface area (Å²) in [6.07, 6.45) is 9.39. The van der Waals surface area contributed by atoms with E-state index in [9.17, 15) is 13.2 Å². The molecule has 0 spiro atoms. The summed E-state index contributed by atoms with van der Waals surface area (Å²) < 4.78 is 28.9. The molecule has 1 amide bonds. The Balaban J connectivity index is 1.51. The Bertz CT molecular complexity index is 1030. The van der Waals surface area contributed by atoms with Gasteiger partial charge in [-0.05, 0) is 39.0 Å². The molecule has 2 aromatic heterocycles. The number of carbonyl (C=O) groups excluding carboxylic acids is 1. The van der Waals surface area contributed by atoms with Crippen molar-refractivity contribution in [2.24, 2.45) is 7.05 Å². The first-order chi connectivity index (χ1) is 14.4. The van der Waals surface area contributed by atoms with Crippen molar-refractivity contribution < 1.29 is 13.2 Å². The number of nitrogens with zero attached hydrogens (tertiary/aromatic N) is 6. The zero-order valence-electron chi connectivity index (χ0n) is 17.5. The van der Waals surface area contributed by atoms with Crippen molar-refractivity contribution in [2.45, 2.75) is 50.0 Å². The van der Waals surface area contributed by atoms with E-state index >= 15 is 0 Å². The van der Waals surface area contributed by atoms with Crippen molar-refractivity contribution in [1.29, 1.82) is 0 Å². The maximum atomic E-state index is 12.9. The first-order valence-corrected chi connectivity index (χ1v) is 11.9. The van der Waals surface area contributed by atoms with E-state index in [1.165, 1.54) is 16.8 Å². The number of aromatic nitrogens is 4. The van der Waals surface area contributed by atoms with Crippen LogP contribution >= 0.6 is 0 Å². The summed E-state index contributed by atoms with van der Waals surface area (Å²) in [6, 6.07) is 0. The molecular weight excluding hydrogens is 404 g/mol. The molecule has 9 nitrogen and oxygen atoms in total. The lowest BCUT2D eigenvalue weighted by molar-refractivity contribution is 0.0722. The van der Waals surface area contributed by atoms with Crippen LogP contribution in [0.25, 0.3) is 0 Å². The predicted molar refractivity (Wildman–Crippen MR) is 110 cm³/mol. The summed E-state index contributed by atoms with van der Waals surface area (Å²) in [7, 11) is -1.90. The number of amides is 1. The first-order valence-electron chi connectivity index (χ1n) is 10.5. The predicted octanol–water partition coefficient (Wildman–Crippen LogP) is 1.71. The normalized spacial score (nSPS) is 21.0. The molecule has 2 aromatic rings. The summed E-state index contributed by atoms with van der Waals surface area (Å²) in [5.74, 6) is 0.487. The molecule has 0 N–H and O–H groups in total. The topological polar surface area (TPSA) is 101 Å². The van der Waals surface area contributed by atoms with Crippen LogP contribution in [0.4, 0.5) is 0 Å². The van der Waals surface area contributed by atoms with Crippen LogP contribution in [0.2, 0.25) is 0 Å². The van der Waals surface area contributed by atoms with Gasteiger partial charge in [0.05, 0.1) is 17.6 Å². The molecule has 2 saturated heterocycles. The molecule has 2 aliphatic heterocycles. The molecule has 2 aliphatic rings. The van der Waals surface area contributed by atoms with Crippen molar-refractivity contribution in [3.63, 3.8) is 0 Å². The van der Waals surface area contributed by atoms with Gasteiger partial charge < -0.3 is 9.47 Å². The van der Waals surface area contributed by atoms with Crippen LogP contribution in [-0.2, 0) is 17.1 Å². The third-order valence-corrected chi connectivity index (χ3v) is 7.66. The minimum absolute atomic E-state index is 0.0123. The number of sulfonamides is 1. The minimum Gasteiger partial charge on any atom is -0.339 e. The molecule has 0 aromatic carbocycles. The first kappa shape index (κ1) is 20.9. The van der Waals surface area contributed by atoms with Gasteiger partial charge in [0.1, 0.15) is 5.82 Å². The number of hydrogen-bond acceptors (Lipinski definition) is 6. The molecule has 10 heteroatoms. The Kier molecular flexibility index (Phi) is 5.88. The second kappa shape index (κ2) is 8.43. The highest BCUT2D eigenvalue weighted by Gasteiger charge is 2.33. The summed E-state index contributed by atoms with van der Waals surface area (Å²) in [5, 5.41) is 0.0604. The highest BCUT2D eigenvalue weighted by atomic mass is 32.2. The Morgan fingerprint density at radius 3 is 2.53 bits per heavy atom. The Labute approximate surface area is 177 Å². The van der Waals surface area contributed by atoms with Crippen LogP contribution in [0.15, 0.2) is 23.7 Å². The van der Waals surface area contributed by atoms with Crippen LogP contribution in [-0.4, -0.2) is 69.2 Å². The van der Waals surface area contributed by atoms with Crippen molar-refractivity contribution >= 4 is 15.9 Å². The van der Waals surface area contributed by atoms with E-state index in [1.54, 1.807) is 17.8 Å². The van der Waals surface area contributed by atoms with Crippen LogP contribution in [0.5, 0.6) is 0 Å². The third kappa shape index (κ3) is 4.11. The zero-order chi connectivity index (χ0) is 21.3. The van der Waals surface area contributed by atoms with Gasteiger partial charge in [0.15, 0.2) is 5.03 Å². The quantitative estimate of drug-likeness (QED) is 0.729. The number of imidazole rings is 1. The van der Waals surface area contributed by atoms with Crippen LogP contribution in [0.3, 0.4) is 0 Å². The fourth-order valence-corrected chi connectivity index (χ4v) is 5.67. The SMILES string of the molecule is Cc1nc([C@H]2CCCN(S(=O)(=O)c3cn(C)cn3)C2)ncc1C(=O)N1CCCCC1. The fourth-order valence-electron chi connectivity index (χ4n) is 4.18. The molecule has 0 unspecified atom stereocenters. The van der Waals surface area contributed by atoms with E-state index in [1.807, 2.05) is 11.8 Å².